The van der Waals surface area contributed by atoms with Gasteiger partial charge in [0.25, 0.3) is 0 Å². The van der Waals surface area contributed by atoms with E-state index in [4.69, 9.17) is 10.5 Å². The lowest BCUT2D eigenvalue weighted by molar-refractivity contribution is 0.293. The van der Waals surface area contributed by atoms with Gasteiger partial charge in [-0.1, -0.05) is 15.9 Å². The van der Waals surface area contributed by atoms with Gasteiger partial charge < -0.3 is 15.8 Å². The molecule has 3 N–H and O–H groups in total. The largest absolute Gasteiger partial charge is 0.487 e. The Labute approximate surface area is 85.4 Å². The van der Waals surface area contributed by atoms with Crippen molar-refractivity contribution in [3.8, 4) is 5.75 Å². The normalized spacial score (nSPS) is 20.0. The minimum Gasteiger partial charge on any atom is -0.487 e. The second-order valence-electron chi connectivity index (χ2n) is 3.23. The lowest BCUT2D eigenvalue weighted by Crippen LogP contribution is -2.28. The number of fused-ring (bicyclic) bond motifs is 1. The Bertz CT molecular complexity index is 341. The second kappa shape index (κ2) is 3.10. The van der Waals surface area contributed by atoms with E-state index in [1.807, 2.05) is 12.1 Å². The molecule has 3 nitrogen and oxygen atoms in total. The predicted octanol–water partition coefficient (Wildman–Crippen LogP) is 2.22. The Hall–Kier alpha value is -0.900. The zero-order chi connectivity index (χ0) is 9.42. The van der Waals surface area contributed by atoms with Crippen LogP contribution in [0, 0.1) is 0 Å². The number of hydrogen-bond acceptors (Lipinski definition) is 3. The highest BCUT2D eigenvalue weighted by Gasteiger charge is 2.17. The van der Waals surface area contributed by atoms with E-state index in [1.54, 1.807) is 0 Å². The van der Waals surface area contributed by atoms with Crippen LogP contribution >= 0.6 is 15.9 Å². The molecular formula is C9H11BrN2O. The highest BCUT2D eigenvalue weighted by molar-refractivity contribution is 9.10. The highest BCUT2D eigenvalue weighted by atomic mass is 79.9. The molecule has 1 heterocycles. The van der Waals surface area contributed by atoms with Crippen molar-refractivity contribution in [1.29, 1.82) is 0 Å². The Kier molecular flexibility index (Phi) is 2.07. The van der Waals surface area contributed by atoms with Crippen LogP contribution in [0.4, 0.5) is 11.4 Å². The number of nitrogen functional groups attached to an aromatic ring is 1. The van der Waals surface area contributed by atoms with Crippen LogP contribution in [0.3, 0.4) is 0 Å². The van der Waals surface area contributed by atoms with E-state index in [1.165, 1.54) is 0 Å². The van der Waals surface area contributed by atoms with Crippen molar-refractivity contribution >= 4 is 27.3 Å². The summed E-state index contributed by atoms with van der Waals surface area (Å²) in [5.41, 5.74) is 7.43. The molecule has 1 aliphatic rings. The predicted molar refractivity (Wildman–Crippen MR) is 57.1 cm³/mol. The van der Waals surface area contributed by atoms with Crippen molar-refractivity contribution in [1.82, 2.24) is 0 Å². The summed E-state index contributed by atoms with van der Waals surface area (Å²) in [4.78, 5) is 0. The van der Waals surface area contributed by atoms with Crippen LogP contribution in [0.5, 0.6) is 5.75 Å². The van der Waals surface area contributed by atoms with Crippen molar-refractivity contribution < 1.29 is 4.74 Å². The zero-order valence-electron chi connectivity index (χ0n) is 7.30. The maximum atomic E-state index is 5.79. The van der Waals surface area contributed by atoms with Gasteiger partial charge in [-0.25, -0.2) is 0 Å². The summed E-state index contributed by atoms with van der Waals surface area (Å²) in [6.07, 6.45) is 0. The molecule has 1 aromatic rings. The van der Waals surface area contributed by atoms with Crippen molar-refractivity contribution in [2.45, 2.75) is 13.0 Å². The molecule has 1 unspecified atom stereocenters. The SMILES string of the molecule is CC1COc2c(N)cc(Br)cc2N1. The Morgan fingerprint density at radius 2 is 2.38 bits per heavy atom. The van der Waals surface area contributed by atoms with Crippen LogP contribution in [0.2, 0.25) is 0 Å². The van der Waals surface area contributed by atoms with Crippen LogP contribution in [0.1, 0.15) is 6.92 Å². The third kappa shape index (κ3) is 1.58. The van der Waals surface area contributed by atoms with Gasteiger partial charge in [0.15, 0.2) is 5.75 Å². The molecule has 0 fully saturated rings. The molecule has 0 aromatic heterocycles. The molecule has 0 saturated carbocycles. The van der Waals surface area contributed by atoms with Crippen LogP contribution in [0.15, 0.2) is 16.6 Å². The third-order valence-corrected chi connectivity index (χ3v) is 2.42. The van der Waals surface area contributed by atoms with Gasteiger partial charge in [0.1, 0.15) is 6.61 Å². The number of nitrogens with one attached hydrogen (secondary N) is 1. The molecule has 0 radical (unpaired) electrons. The molecule has 1 aliphatic heterocycles. The van der Waals surface area contributed by atoms with Gasteiger partial charge in [-0.3, -0.25) is 0 Å². The van der Waals surface area contributed by atoms with Gasteiger partial charge in [0.05, 0.1) is 17.4 Å². The molecule has 13 heavy (non-hydrogen) atoms. The second-order valence-corrected chi connectivity index (χ2v) is 4.14. The number of hydrogen-bond donors (Lipinski definition) is 2. The first kappa shape index (κ1) is 8.69. The summed E-state index contributed by atoms with van der Waals surface area (Å²) in [7, 11) is 0. The Balaban J connectivity index is 2.47. The molecule has 1 aromatic carbocycles. The van der Waals surface area contributed by atoms with Crippen molar-refractivity contribution in [2.24, 2.45) is 0 Å². The lowest BCUT2D eigenvalue weighted by Gasteiger charge is -2.25. The summed E-state index contributed by atoms with van der Waals surface area (Å²) < 4.78 is 6.48. The standard InChI is InChI=1S/C9H11BrN2O/c1-5-4-13-9-7(11)2-6(10)3-8(9)12-5/h2-3,5,12H,4,11H2,1H3. The first-order chi connectivity index (χ1) is 6.16. The van der Waals surface area contributed by atoms with Crippen LogP contribution in [-0.2, 0) is 0 Å². The molecule has 0 aliphatic carbocycles. The lowest BCUT2D eigenvalue weighted by atomic mass is 10.2. The minimum absolute atomic E-state index is 0.334. The zero-order valence-corrected chi connectivity index (χ0v) is 8.89. The topological polar surface area (TPSA) is 47.3 Å². The van der Waals surface area contributed by atoms with E-state index >= 15 is 0 Å². The first-order valence-corrected chi connectivity index (χ1v) is 4.94. The van der Waals surface area contributed by atoms with E-state index in [9.17, 15) is 0 Å². The Morgan fingerprint density at radius 3 is 3.15 bits per heavy atom. The fraction of sp³-hybridized carbons (Fsp3) is 0.333. The van der Waals surface area contributed by atoms with E-state index in [2.05, 4.69) is 28.2 Å². The summed E-state index contributed by atoms with van der Waals surface area (Å²) in [5, 5.41) is 3.31. The molecule has 2 rings (SSSR count). The van der Waals surface area contributed by atoms with Gasteiger partial charge in [-0.15, -0.1) is 0 Å². The third-order valence-electron chi connectivity index (χ3n) is 1.96. The molecule has 0 amide bonds. The van der Waals surface area contributed by atoms with E-state index in [-0.39, 0.29) is 0 Å². The smallest absolute Gasteiger partial charge is 0.165 e. The number of halogens is 1. The van der Waals surface area contributed by atoms with Gasteiger partial charge >= 0.3 is 0 Å². The molecule has 70 valence electrons. The van der Waals surface area contributed by atoms with E-state index < -0.39 is 0 Å². The van der Waals surface area contributed by atoms with Crippen LogP contribution in [-0.4, -0.2) is 12.6 Å². The summed E-state index contributed by atoms with van der Waals surface area (Å²) in [5.74, 6) is 0.765. The van der Waals surface area contributed by atoms with E-state index in [0.29, 0.717) is 18.3 Å². The van der Waals surface area contributed by atoms with Crippen LogP contribution < -0.4 is 15.8 Å². The fourth-order valence-electron chi connectivity index (χ4n) is 1.40. The molecule has 0 spiro atoms. The summed E-state index contributed by atoms with van der Waals surface area (Å²) in [6, 6.07) is 4.15. The van der Waals surface area contributed by atoms with Crippen molar-refractivity contribution in [3.63, 3.8) is 0 Å². The summed E-state index contributed by atoms with van der Waals surface area (Å²) >= 11 is 3.39. The number of anilines is 2. The van der Waals surface area contributed by atoms with Gasteiger partial charge in [-0.05, 0) is 19.1 Å². The maximum Gasteiger partial charge on any atom is 0.165 e. The quantitative estimate of drug-likeness (QED) is 0.687. The highest BCUT2D eigenvalue weighted by Crippen LogP contribution is 2.37. The number of benzene rings is 1. The van der Waals surface area contributed by atoms with Crippen molar-refractivity contribution in [2.75, 3.05) is 17.7 Å². The van der Waals surface area contributed by atoms with Gasteiger partial charge in [0, 0.05) is 4.47 Å². The average Bonchev–Trinajstić information content (AvgIpc) is 2.02. The monoisotopic (exact) mass is 242 g/mol. The maximum absolute atomic E-state index is 5.79. The van der Waals surface area contributed by atoms with Crippen molar-refractivity contribution in [3.05, 3.63) is 16.6 Å². The number of ether oxygens (including phenoxy) is 1. The molecule has 1 atom stereocenters. The van der Waals surface area contributed by atoms with Gasteiger partial charge in [-0.2, -0.15) is 0 Å². The molecular weight excluding hydrogens is 232 g/mol. The average molecular weight is 243 g/mol. The summed E-state index contributed by atoms with van der Waals surface area (Å²) in [6.45, 7) is 2.73. The van der Waals surface area contributed by atoms with E-state index in [0.717, 1.165) is 15.9 Å². The molecule has 0 saturated heterocycles. The van der Waals surface area contributed by atoms with Gasteiger partial charge in [0.2, 0.25) is 0 Å². The first-order valence-electron chi connectivity index (χ1n) is 4.15. The fourth-order valence-corrected chi connectivity index (χ4v) is 1.87. The number of nitrogens with two attached hydrogens (primary N) is 1. The van der Waals surface area contributed by atoms with Crippen LogP contribution in [0.25, 0.3) is 0 Å². The number of rotatable bonds is 0. The minimum atomic E-state index is 0.334. The Morgan fingerprint density at radius 1 is 1.62 bits per heavy atom. The molecule has 0 bridgehead atoms. The molecule has 4 heteroatoms.